The minimum absolute atomic E-state index is 0.632. The van der Waals surface area contributed by atoms with Crippen LogP contribution in [0.2, 0.25) is 5.02 Å². The fourth-order valence-corrected chi connectivity index (χ4v) is 4.01. The molecule has 0 saturated carbocycles. The highest BCUT2D eigenvalue weighted by atomic mass is 35.5. The zero-order valence-corrected chi connectivity index (χ0v) is 16.0. The minimum atomic E-state index is 0.632. The van der Waals surface area contributed by atoms with Gasteiger partial charge in [0.15, 0.2) is 11.0 Å². The highest BCUT2D eigenvalue weighted by molar-refractivity contribution is 7.98. The Labute approximate surface area is 166 Å². The Kier molecular flexibility index (Phi) is 5.18. The smallest absolute Gasteiger partial charge is 0.192 e. The van der Waals surface area contributed by atoms with E-state index in [4.69, 9.17) is 11.6 Å². The van der Waals surface area contributed by atoms with Crippen LogP contribution in [0.3, 0.4) is 0 Å². The van der Waals surface area contributed by atoms with Gasteiger partial charge in [-0.3, -0.25) is 14.5 Å². The van der Waals surface area contributed by atoms with E-state index in [9.17, 15) is 0 Å². The number of aromatic nitrogens is 5. The van der Waals surface area contributed by atoms with E-state index in [2.05, 4.69) is 31.3 Å². The maximum Gasteiger partial charge on any atom is 0.192 e. The van der Waals surface area contributed by atoms with Crippen molar-refractivity contribution in [3.8, 4) is 11.4 Å². The van der Waals surface area contributed by atoms with Gasteiger partial charge < -0.3 is 0 Å². The zero-order valence-electron chi connectivity index (χ0n) is 14.4. The number of thioether (sulfide) groups is 1. The number of rotatable bonds is 6. The van der Waals surface area contributed by atoms with E-state index < -0.39 is 0 Å². The van der Waals surface area contributed by atoms with E-state index in [0.717, 1.165) is 38.8 Å². The zero-order chi connectivity index (χ0) is 18.6. The van der Waals surface area contributed by atoms with E-state index in [1.165, 1.54) is 0 Å². The number of allylic oxidation sites excluding steroid dienone is 1. The van der Waals surface area contributed by atoms with Gasteiger partial charge in [0.25, 0.3) is 0 Å². The molecule has 0 radical (unpaired) electrons. The number of fused-ring (bicyclic) bond motifs is 1. The van der Waals surface area contributed by atoms with Gasteiger partial charge in [0, 0.05) is 46.9 Å². The highest BCUT2D eigenvalue weighted by Gasteiger charge is 2.14. The first-order valence-corrected chi connectivity index (χ1v) is 9.73. The van der Waals surface area contributed by atoms with Crippen molar-refractivity contribution in [3.63, 3.8) is 0 Å². The minimum Gasteiger partial charge on any atom is -0.298 e. The van der Waals surface area contributed by atoms with Crippen molar-refractivity contribution >= 4 is 34.3 Å². The maximum absolute atomic E-state index is 6.29. The van der Waals surface area contributed by atoms with Crippen LogP contribution in [0.1, 0.15) is 5.56 Å². The van der Waals surface area contributed by atoms with Gasteiger partial charge in [0.1, 0.15) is 0 Å². The second-order valence-corrected chi connectivity index (χ2v) is 7.19. The van der Waals surface area contributed by atoms with Crippen molar-refractivity contribution in [2.45, 2.75) is 17.5 Å². The number of nitrogens with zero attached hydrogens (tertiary/aromatic N) is 5. The van der Waals surface area contributed by atoms with Crippen LogP contribution in [-0.4, -0.2) is 24.7 Å². The molecule has 0 bridgehead atoms. The Morgan fingerprint density at radius 1 is 1.07 bits per heavy atom. The van der Waals surface area contributed by atoms with Crippen LogP contribution < -0.4 is 0 Å². The van der Waals surface area contributed by atoms with Crippen LogP contribution in [0.4, 0.5) is 0 Å². The molecule has 4 aromatic rings. The first-order chi connectivity index (χ1) is 13.3. The summed E-state index contributed by atoms with van der Waals surface area (Å²) in [5.74, 6) is 1.52. The van der Waals surface area contributed by atoms with Crippen LogP contribution >= 0.6 is 23.4 Å². The average Bonchev–Trinajstić information content (AvgIpc) is 3.11. The summed E-state index contributed by atoms with van der Waals surface area (Å²) in [7, 11) is 0. The molecular formula is C20H16ClN5S. The summed E-state index contributed by atoms with van der Waals surface area (Å²) in [6.45, 7) is 4.49. The predicted octanol–water partition coefficient (Wildman–Crippen LogP) is 5.02. The lowest BCUT2D eigenvalue weighted by atomic mass is 10.1. The average molecular weight is 394 g/mol. The fourth-order valence-electron chi connectivity index (χ4n) is 2.86. The van der Waals surface area contributed by atoms with Crippen molar-refractivity contribution in [2.75, 3.05) is 0 Å². The molecular weight excluding hydrogens is 378 g/mol. The van der Waals surface area contributed by atoms with Crippen molar-refractivity contribution < 1.29 is 0 Å². The van der Waals surface area contributed by atoms with Gasteiger partial charge in [-0.2, -0.15) is 0 Å². The first-order valence-electron chi connectivity index (χ1n) is 8.37. The molecule has 0 saturated heterocycles. The molecule has 3 heterocycles. The lowest BCUT2D eigenvalue weighted by Crippen LogP contribution is -2.01. The summed E-state index contributed by atoms with van der Waals surface area (Å²) in [4.78, 5) is 8.57. The van der Waals surface area contributed by atoms with Crippen LogP contribution in [0.15, 0.2) is 72.8 Å². The van der Waals surface area contributed by atoms with E-state index in [1.807, 2.05) is 42.5 Å². The van der Waals surface area contributed by atoms with Crippen molar-refractivity contribution in [1.82, 2.24) is 24.7 Å². The van der Waals surface area contributed by atoms with Crippen molar-refractivity contribution in [3.05, 3.63) is 78.2 Å². The van der Waals surface area contributed by atoms with Gasteiger partial charge in [0.2, 0.25) is 0 Å². The Morgan fingerprint density at radius 3 is 2.74 bits per heavy atom. The summed E-state index contributed by atoms with van der Waals surface area (Å²) in [6, 6.07) is 11.7. The SMILES string of the molecule is C=CCn1c(SCc2ccc(Cl)c3cccnc23)nnc1-c1ccncc1. The summed E-state index contributed by atoms with van der Waals surface area (Å²) in [5.41, 5.74) is 3.00. The van der Waals surface area contributed by atoms with Crippen molar-refractivity contribution in [1.29, 1.82) is 0 Å². The highest BCUT2D eigenvalue weighted by Crippen LogP contribution is 2.30. The monoisotopic (exact) mass is 393 g/mol. The molecule has 0 unspecified atom stereocenters. The second kappa shape index (κ2) is 7.90. The van der Waals surface area contributed by atoms with Gasteiger partial charge >= 0.3 is 0 Å². The Balaban J connectivity index is 1.65. The Morgan fingerprint density at radius 2 is 1.93 bits per heavy atom. The standard InChI is InChI=1S/C20H16ClN5S/c1-2-12-26-19(14-7-10-22-11-8-14)24-25-20(26)27-13-15-5-6-17(21)16-4-3-9-23-18(15)16/h2-11H,1,12-13H2. The molecule has 7 heteroatoms. The van der Waals surface area contributed by atoms with E-state index >= 15 is 0 Å². The molecule has 0 spiro atoms. The third-order valence-electron chi connectivity index (χ3n) is 4.12. The number of halogens is 1. The number of pyridine rings is 2. The number of hydrogen-bond donors (Lipinski definition) is 0. The van der Waals surface area contributed by atoms with Crippen LogP contribution in [0, 0.1) is 0 Å². The van der Waals surface area contributed by atoms with E-state index in [1.54, 1.807) is 30.4 Å². The normalized spacial score (nSPS) is 11.0. The largest absolute Gasteiger partial charge is 0.298 e. The molecule has 0 amide bonds. The Hall–Kier alpha value is -2.70. The predicted molar refractivity (Wildman–Crippen MR) is 110 cm³/mol. The van der Waals surface area contributed by atoms with Gasteiger partial charge in [-0.1, -0.05) is 35.5 Å². The quantitative estimate of drug-likeness (QED) is 0.340. The molecule has 1 aromatic carbocycles. The lowest BCUT2D eigenvalue weighted by Gasteiger charge is -2.09. The van der Waals surface area contributed by atoms with Gasteiger partial charge in [-0.25, -0.2) is 0 Å². The van der Waals surface area contributed by atoms with Gasteiger partial charge in [-0.15, -0.1) is 16.8 Å². The molecule has 134 valence electrons. The lowest BCUT2D eigenvalue weighted by molar-refractivity contribution is 0.731. The first kappa shape index (κ1) is 17.7. The molecule has 0 fully saturated rings. The fraction of sp³-hybridized carbons (Fsp3) is 0.100. The van der Waals surface area contributed by atoms with Crippen molar-refractivity contribution in [2.24, 2.45) is 0 Å². The topological polar surface area (TPSA) is 56.5 Å². The maximum atomic E-state index is 6.29. The molecule has 0 N–H and O–H groups in total. The second-order valence-electron chi connectivity index (χ2n) is 5.84. The van der Waals surface area contributed by atoms with Crippen LogP contribution in [-0.2, 0) is 12.3 Å². The Bertz CT molecular complexity index is 1090. The van der Waals surface area contributed by atoms with Gasteiger partial charge in [0.05, 0.1) is 5.52 Å². The van der Waals surface area contributed by atoms with Crippen LogP contribution in [0.5, 0.6) is 0 Å². The molecule has 0 aliphatic rings. The molecule has 27 heavy (non-hydrogen) atoms. The molecule has 4 rings (SSSR count). The summed E-state index contributed by atoms with van der Waals surface area (Å²) in [5, 5.41) is 11.3. The van der Waals surface area contributed by atoms with Gasteiger partial charge in [-0.05, 0) is 35.9 Å². The third kappa shape index (κ3) is 3.59. The summed E-state index contributed by atoms with van der Waals surface area (Å²) in [6.07, 6.45) is 7.13. The molecule has 5 nitrogen and oxygen atoms in total. The third-order valence-corrected chi connectivity index (χ3v) is 5.47. The van der Waals surface area contributed by atoms with Crippen LogP contribution in [0.25, 0.3) is 22.3 Å². The van der Waals surface area contributed by atoms with E-state index in [0.29, 0.717) is 11.6 Å². The van der Waals surface area contributed by atoms with E-state index in [-0.39, 0.29) is 0 Å². The molecule has 0 aliphatic heterocycles. The molecule has 0 aliphatic carbocycles. The number of benzene rings is 1. The molecule has 3 aromatic heterocycles. The summed E-state index contributed by atoms with van der Waals surface area (Å²) >= 11 is 7.91. The number of hydrogen-bond acceptors (Lipinski definition) is 5. The molecule has 0 atom stereocenters. The summed E-state index contributed by atoms with van der Waals surface area (Å²) < 4.78 is 2.05.